The van der Waals surface area contributed by atoms with Crippen LogP contribution in [0.15, 0.2) is 0 Å². The van der Waals surface area contributed by atoms with Crippen LogP contribution in [0.25, 0.3) is 0 Å². The van der Waals surface area contributed by atoms with Crippen LogP contribution >= 0.6 is 0 Å². The average Bonchev–Trinajstić information content (AvgIpc) is 2.27. The highest BCUT2D eigenvalue weighted by Crippen LogP contribution is 2.31. The fraction of sp³-hybridized carbons (Fsp3) is 0.857. The molecule has 0 radical (unpaired) electrons. The molecule has 1 amide bonds. The second kappa shape index (κ2) is 6.37. The summed E-state index contributed by atoms with van der Waals surface area (Å²) >= 11 is 0. The van der Waals surface area contributed by atoms with Crippen molar-refractivity contribution in [2.75, 3.05) is 6.61 Å². The monoisotopic (exact) mass is 271 g/mol. The molecule has 19 heavy (non-hydrogen) atoms. The number of carbonyl (C=O) groups is 2. The zero-order valence-electron chi connectivity index (χ0n) is 12.2. The predicted molar refractivity (Wildman–Crippen MR) is 71.8 cm³/mol. The van der Waals surface area contributed by atoms with Gasteiger partial charge in [0.2, 0.25) is 5.91 Å². The molecule has 1 aliphatic rings. The van der Waals surface area contributed by atoms with E-state index in [1.165, 1.54) is 0 Å². The van der Waals surface area contributed by atoms with Crippen molar-refractivity contribution in [1.82, 2.24) is 5.32 Å². The lowest BCUT2D eigenvalue weighted by atomic mass is 9.76. The molecule has 2 N–H and O–H groups in total. The molecule has 1 aliphatic heterocycles. The minimum atomic E-state index is -1.01. The minimum absolute atomic E-state index is 0.0196. The van der Waals surface area contributed by atoms with Crippen molar-refractivity contribution in [2.24, 2.45) is 11.3 Å². The molecule has 110 valence electrons. The highest BCUT2D eigenvalue weighted by molar-refractivity contribution is 5.85. The van der Waals surface area contributed by atoms with E-state index >= 15 is 0 Å². The van der Waals surface area contributed by atoms with Gasteiger partial charge in [0.25, 0.3) is 0 Å². The molecule has 0 bridgehead atoms. The van der Waals surface area contributed by atoms with Crippen LogP contribution < -0.4 is 5.32 Å². The Bertz CT molecular complexity index is 342. The molecule has 3 unspecified atom stereocenters. The van der Waals surface area contributed by atoms with E-state index in [-0.39, 0.29) is 30.4 Å². The summed E-state index contributed by atoms with van der Waals surface area (Å²) in [6.45, 7) is 7.92. The second-order valence-electron chi connectivity index (χ2n) is 6.02. The molecule has 1 rings (SSSR count). The number of aliphatic carboxylic acids is 1. The van der Waals surface area contributed by atoms with Crippen LogP contribution in [-0.4, -0.2) is 35.7 Å². The van der Waals surface area contributed by atoms with Crippen LogP contribution in [0.5, 0.6) is 0 Å². The molecule has 5 heteroatoms. The van der Waals surface area contributed by atoms with E-state index in [2.05, 4.69) is 5.32 Å². The number of carboxylic acids is 1. The third-order valence-corrected chi connectivity index (χ3v) is 4.14. The molecule has 1 heterocycles. The number of carbonyl (C=O) groups excluding carboxylic acids is 1. The van der Waals surface area contributed by atoms with Gasteiger partial charge in [0.15, 0.2) is 0 Å². The summed E-state index contributed by atoms with van der Waals surface area (Å²) in [6, 6.07) is 0.0986. The third-order valence-electron chi connectivity index (χ3n) is 4.14. The standard InChI is InChI=1S/C14H25NO4/c1-9(2)14(4,13(17)18)8-12(16)15-11-5-6-19-10(3)7-11/h9-11H,5-8H2,1-4H3,(H,15,16)(H,17,18). The Kier molecular flexibility index (Phi) is 5.35. The van der Waals surface area contributed by atoms with Crippen LogP contribution in [0.1, 0.15) is 47.0 Å². The van der Waals surface area contributed by atoms with Crippen LogP contribution in [0, 0.1) is 11.3 Å². The Morgan fingerprint density at radius 3 is 2.58 bits per heavy atom. The lowest BCUT2D eigenvalue weighted by Gasteiger charge is -2.31. The molecule has 0 aromatic carbocycles. The van der Waals surface area contributed by atoms with Gasteiger partial charge in [-0.15, -0.1) is 0 Å². The van der Waals surface area contributed by atoms with Gasteiger partial charge in [-0.1, -0.05) is 13.8 Å². The fourth-order valence-corrected chi connectivity index (χ4v) is 2.27. The summed E-state index contributed by atoms with van der Waals surface area (Å²) in [4.78, 5) is 23.4. The molecule has 5 nitrogen and oxygen atoms in total. The van der Waals surface area contributed by atoms with E-state index < -0.39 is 11.4 Å². The highest BCUT2D eigenvalue weighted by atomic mass is 16.5. The lowest BCUT2D eigenvalue weighted by Crippen LogP contribution is -2.45. The SMILES string of the molecule is CC1CC(NC(=O)CC(C)(C(=O)O)C(C)C)CCO1. The number of rotatable bonds is 5. The van der Waals surface area contributed by atoms with Crippen molar-refractivity contribution in [3.05, 3.63) is 0 Å². The van der Waals surface area contributed by atoms with E-state index in [1.54, 1.807) is 6.92 Å². The second-order valence-corrected chi connectivity index (χ2v) is 6.02. The molecule has 3 atom stereocenters. The van der Waals surface area contributed by atoms with Crippen molar-refractivity contribution >= 4 is 11.9 Å². The number of amides is 1. The third kappa shape index (κ3) is 4.20. The van der Waals surface area contributed by atoms with Gasteiger partial charge in [-0.25, -0.2) is 0 Å². The Balaban J connectivity index is 2.56. The van der Waals surface area contributed by atoms with E-state index in [0.717, 1.165) is 12.8 Å². The van der Waals surface area contributed by atoms with Crippen LogP contribution in [0.3, 0.4) is 0 Å². The number of hydrogen-bond donors (Lipinski definition) is 2. The summed E-state index contributed by atoms with van der Waals surface area (Å²) in [5.41, 5.74) is -1.01. The van der Waals surface area contributed by atoms with E-state index in [0.29, 0.717) is 6.61 Å². The summed E-state index contributed by atoms with van der Waals surface area (Å²) < 4.78 is 5.42. The van der Waals surface area contributed by atoms with Crippen molar-refractivity contribution in [3.63, 3.8) is 0 Å². The molecule has 0 aliphatic carbocycles. The molecular weight excluding hydrogens is 246 g/mol. The Morgan fingerprint density at radius 2 is 2.11 bits per heavy atom. The van der Waals surface area contributed by atoms with Crippen LogP contribution in [0.2, 0.25) is 0 Å². The van der Waals surface area contributed by atoms with Crippen molar-refractivity contribution < 1.29 is 19.4 Å². The van der Waals surface area contributed by atoms with Gasteiger partial charge in [-0.2, -0.15) is 0 Å². The average molecular weight is 271 g/mol. The topological polar surface area (TPSA) is 75.6 Å². The van der Waals surface area contributed by atoms with Crippen molar-refractivity contribution in [2.45, 2.75) is 59.1 Å². The highest BCUT2D eigenvalue weighted by Gasteiger charge is 2.39. The summed E-state index contributed by atoms with van der Waals surface area (Å²) in [5.74, 6) is -1.19. The molecule has 0 aromatic heterocycles. The zero-order chi connectivity index (χ0) is 14.6. The minimum Gasteiger partial charge on any atom is -0.481 e. The smallest absolute Gasteiger partial charge is 0.310 e. The molecule has 1 saturated heterocycles. The summed E-state index contributed by atoms with van der Waals surface area (Å²) in [7, 11) is 0. The first kappa shape index (κ1) is 16.0. The fourth-order valence-electron chi connectivity index (χ4n) is 2.27. The van der Waals surface area contributed by atoms with Gasteiger partial charge in [0.05, 0.1) is 11.5 Å². The number of nitrogens with one attached hydrogen (secondary N) is 1. The quantitative estimate of drug-likeness (QED) is 0.799. The number of carboxylic acid groups (broad SMARTS) is 1. The van der Waals surface area contributed by atoms with E-state index in [4.69, 9.17) is 4.74 Å². The Labute approximate surface area is 114 Å². The van der Waals surface area contributed by atoms with E-state index in [9.17, 15) is 14.7 Å². The van der Waals surface area contributed by atoms with E-state index in [1.807, 2.05) is 20.8 Å². The maximum absolute atomic E-state index is 12.0. The number of ether oxygens (including phenoxy) is 1. The first-order valence-corrected chi connectivity index (χ1v) is 6.90. The summed E-state index contributed by atoms with van der Waals surface area (Å²) in [6.07, 6.45) is 1.75. The molecule has 0 spiro atoms. The molecule has 1 fully saturated rings. The molecular formula is C14H25NO4. The maximum atomic E-state index is 12.0. The lowest BCUT2D eigenvalue weighted by molar-refractivity contribution is -0.153. The zero-order valence-corrected chi connectivity index (χ0v) is 12.2. The van der Waals surface area contributed by atoms with Gasteiger partial charge < -0.3 is 15.2 Å². The largest absolute Gasteiger partial charge is 0.481 e. The van der Waals surface area contributed by atoms with Crippen LogP contribution in [0.4, 0.5) is 0 Å². The van der Waals surface area contributed by atoms with Crippen LogP contribution in [-0.2, 0) is 14.3 Å². The molecule has 0 saturated carbocycles. The Morgan fingerprint density at radius 1 is 1.47 bits per heavy atom. The van der Waals surface area contributed by atoms with Gasteiger partial charge in [0.1, 0.15) is 0 Å². The predicted octanol–water partition coefficient (Wildman–Crippen LogP) is 1.81. The summed E-state index contributed by atoms with van der Waals surface area (Å²) in [5, 5.41) is 12.2. The molecule has 0 aromatic rings. The van der Waals surface area contributed by atoms with Gasteiger partial charge in [-0.3, -0.25) is 9.59 Å². The van der Waals surface area contributed by atoms with Gasteiger partial charge >= 0.3 is 5.97 Å². The maximum Gasteiger partial charge on any atom is 0.310 e. The first-order chi connectivity index (χ1) is 8.75. The normalized spacial score (nSPS) is 26.8. The van der Waals surface area contributed by atoms with Crippen molar-refractivity contribution in [1.29, 1.82) is 0 Å². The van der Waals surface area contributed by atoms with Gasteiger partial charge in [0, 0.05) is 19.1 Å². The van der Waals surface area contributed by atoms with Crippen molar-refractivity contribution in [3.8, 4) is 0 Å². The first-order valence-electron chi connectivity index (χ1n) is 6.90. The van der Waals surface area contributed by atoms with Gasteiger partial charge in [-0.05, 0) is 32.6 Å². The number of hydrogen-bond acceptors (Lipinski definition) is 3. The Hall–Kier alpha value is -1.10.